The lowest BCUT2D eigenvalue weighted by atomic mass is 10.1. The fourth-order valence-corrected chi connectivity index (χ4v) is 2.64. The Hall–Kier alpha value is 0.1000. The van der Waals surface area contributed by atoms with Gasteiger partial charge in [0.1, 0.15) is 0 Å². The van der Waals surface area contributed by atoms with Gasteiger partial charge in [0, 0.05) is 30.1 Å². The Morgan fingerprint density at radius 2 is 2.00 bits per heavy atom. The van der Waals surface area contributed by atoms with E-state index in [1.54, 1.807) is 11.3 Å². The van der Waals surface area contributed by atoms with E-state index in [0.717, 1.165) is 19.6 Å². The molecule has 1 rings (SSSR count). The van der Waals surface area contributed by atoms with Gasteiger partial charge in [-0.1, -0.05) is 0 Å². The van der Waals surface area contributed by atoms with Gasteiger partial charge in [-0.05, 0) is 48.8 Å². The monoisotopic (exact) mass is 290 g/mol. The van der Waals surface area contributed by atoms with E-state index in [0.29, 0.717) is 0 Å². The molecule has 2 N–H and O–H groups in total. The smallest absolute Gasteiger partial charge is 0.0701 e. The van der Waals surface area contributed by atoms with E-state index >= 15 is 0 Å². The van der Waals surface area contributed by atoms with Crippen molar-refractivity contribution in [3.05, 3.63) is 20.8 Å². The van der Waals surface area contributed by atoms with Crippen molar-refractivity contribution in [2.75, 3.05) is 13.1 Å². The molecule has 0 spiro atoms. The minimum atomic E-state index is 0.216. The maximum Gasteiger partial charge on any atom is 0.0701 e. The Morgan fingerprint density at radius 1 is 1.27 bits per heavy atom. The van der Waals surface area contributed by atoms with Crippen molar-refractivity contribution in [1.82, 2.24) is 10.6 Å². The quantitative estimate of drug-likeness (QED) is 0.815. The van der Waals surface area contributed by atoms with Crippen LogP contribution >= 0.6 is 27.3 Å². The molecule has 0 atom stereocenters. The second kappa shape index (κ2) is 5.99. The second-order valence-electron chi connectivity index (χ2n) is 4.56. The van der Waals surface area contributed by atoms with Gasteiger partial charge in [-0.2, -0.15) is 0 Å². The van der Waals surface area contributed by atoms with Crippen LogP contribution in [0.15, 0.2) is 15.9 Å². The molecular formula is C11H19BrN2S. The predicted octanol–water partition coefficient (Wildman–Crippen LogP) is 2.99. The summed E-state index contributed by atoms with van der Waals surface area (Å²) in [5, 5.41) is 6.86. The van der Waals surface area contributed by atoms with Gasteiger partial charge in [0.2, 0.25) is 0 Å². The van der Waals surface area contributed by atoms with Gasteiger partial charge in [-0.15, -0.1) is 11.3 Å². The van der Waals surface area contributed by atoms with Gasteiger partial charge in [0.25, 0.3) is 0 Å². The zero-order chi connectivity index (χ0) is 11.3. The largest absolute Gasteiger partial charge is 0.311 e. The number of nitrogens with one attached hydrogen (secondary N) is 2. The van der Waals surface area contributed by atoms with E-state index in [2.05, 4.69) is 59.5 Å². The van der Waals surface area contributed by atoms with Crippen LogP contribution in [0.5, 0.6) is 0 Å². The van der Waals surface area contributed by atoms with Crippen LogP contribution in [0.3, 0.4) is 0 Å². The molecule has 0 aliphatic heterocycles. The highest BCUT2D eigenvalue weighted by Gasteiger charge is 2.06. The van der Waals surface area contributed by atoms with Crippen LogP contribution < -0.4 is 10.6 Å². The van der Waals surface area contributed by atoms with E-state index in [-0.39, 0.29) is 5.54 Å². The molecule has 1 heterocycles. The first-order chi connectivity index (χ1) is 6.97. The first-order valence-corrected chi connectivity index (χ1v) is 6.78. The molecule has 1 aromatic heterocycles. The highest BCUT2D eigenvalue weighted by atomic mass is 79.9. The Morgan fingerprint density at radius 3 is 2.53 bits per heavy atom. The lowest BCUT2D eigenvalue weighted by Crippen LogP contribution is -2.40. The van der Waals surface area contributed by atoms with E-state index in [1.165, 1.54) is 8.66 Å². The fourth-order valence-electron chi connectivity index (χ4n) is 1.18. The SMILES string of the molecule is CC(C)(C)NCCNCc1ccc(Br)s1. The normalized spacial score (nSPS) is 12.0. The molecule has 0 fully saturated rings. The molecule has 0 amide bonds. The molecule has 0 aliphatic carbocycles. The van der Waals surface area contributed by atoms with Crippen LogP contribution in [0.25, 0.3) is 0 Å². The molecule has 2 nitrogen and oxygen atoms in total. The van der Waals surface area contributed by atoms with Crippen molar-refractivity contribution in [2.45, 2.75) is 32.9 Å². The molecule has 15 heavy (non-hydrogen) atoms. The molecule has 0 unspecified atom stereocenters. The first kappa shape index (κ1) is 13.2. The fraction of sp³-hybridized carbons (Fsp3) is 0.636. The van der Waals surface area contributed by atoms with E-state index in [4.69, 9.17) is 0 Å². The van der Waals surface area contributed by atoms with E-state index in [9.17, 15) is 0 Å². The summed E-state index contributed by atoms with van der Waals surface area (Å²) in [6, 6.07) is 4.24. The third-order valence-electron chi connectivity index (χ3n) is 1.89. The third kappa shape index (κ3) is 6.30. The van der Waals surface area contributed by atoms with Crippen molar-refractivity contribution in [3.8, 4) is 0 Å². The topological polar surface area (TPSA) is 24.1 Å². The molecule has 1 aromatic rings. The zero-order valence-corrected chi connectivity index (χ0v) is 12.0. The van der Waals surface area contributed by atoms with Gasteiger partial charge in [-0.25, -0.2) is 0 Å². The molecule has 0 saturated carbocycles. The average Bonchev–Trinajstić information content (AvgIpc) is 2.49. The lowest BCUT2D eigenvalue weighted by molar-refractivity contribution is 0.422. The minimum Gasteiger partial charge on any atom is -0.311 e. The van der Waals surface area contributed by atoms with Gasteiger partial charge in [-0.3, -0.25) is 0 Å². The van der Waals surface area contributed by atoms with Gasteiger partial charge < -0.3 is 10.6 Å². The van der Waals surface area contributed by atoms with Crippen LogP contribution in [0, 0.1) is 0 Å². The Balaban J connectivity index is 2.07. The summed E-state index contributed by atoms with van der Waals surface area (Å²) in [5.74, 6) is 0. The summed E-state index contributed by atoms with van der Waals surface area (Å²) in [4.78, 5) is 1.37. The highest BCUT2D eigenvalue weighted by molar-refractivity contribution is 9.11. The maximum absolute atomic E-state index is 3.46. The van der Waals surface area contributed by atoms with Gasteiger partial charge in [0.15, 0.2) is 0 Å². The molecule has 0 aromatic carbocycles. The van der Waals surface area contributed by atoms with Crippen molar-refractivity contribution in [2.24, 2.45) is 0 Å². The van der Waals surface area contributed by atoms with Crippen molar-refractivity contribution >= 4 is 27.3 Å². The Kier molecular flexibility index (Phi) is 5.26. The number of rotatable bonds is 5. The Labute approximate surface area is 105 Å². The first-order valence-electron chi connectivity index (χ1n) is 5.17. The van der Waals surface area contributed by atoms with Crippen LogP contribution in [-0.4, -0.2) is 18.6 Å². The summed E-state index contributed by atoms with van der Waals surface area (Å²) >= 11 is 5.24. The summed E-state index contributed by atoms with van der Waals surface area (Å²) in [7, 11) is 0. The third-order valence-corrected chi connectivity index (χ3v) is 3.51. The molecule has 0 saturated heterocycles. The molecule has 4 heteroatoms. The highest BCUT2D eigenvalue weighted by Crippen LogP contribution is 2.21. The molecule has 0 bridgehead atoms. The number of hydrogen-bond donors (Lipinski definition) is 2. The minimum absolute atomic E-state index is 0.216. The second-order valence-corrected chi connectivity index (χ2v) is 7.11. The molecular weight excluding hydrogens is 272 g/mol. The Bertz CT molecular complexity index is 291. The zero-order valence-electron chi connectivity index (χ0n) is 9.56. The lowest BCUT2D eigenvalue weighted by Gasteiger charge is -2.20. The van der Waals surface area contributed by atoms with Gasteiger partial charge in [0.05, 0.1) is 3.79 Å². The average molecular weight is 291 g/mol. The van der Waals surface area contributed by atoms with Crippen molar-refractivity contribution in [1.29, 1.82) is 0 Å². The number of hydrogen-bond acceptors (Lipinski definition) is 3. The van der Waals surface area contributed by atoms with Crippen LogP contribution in [-0.2, 0) is 6.54 Å². The van der Waals surface area contributed by atoms with Crippen LogP contribution in [0.4, 0.5) is 0 Å². The summed E-state index contributed by atoms with van der Waals surface area (Å²) in [5.41, 5.74) is 0.216. The molecule has 0 radical (unpaired) electrons. The summed E-state index contributed by atoms with van der Waals surface area (Å²) in [6.45, 7) is 9.53. The van der Waals surface area contributed by atoms with E-state index < -0.39 is 0 Å². The van der Waals surface area contributed by atoms with E-state index in [1.807, 2.05) is 0 Å². The number of halogens is 1. The summed E-state index contributed by atoms with van der Waals surface area (Å²) in [6.07, 6.45) is 0. The number of thiophene rings is 1. The van der Waals surface area contributed by atoms with Crippen molar-refractivity contribution in [3.63, 3.8) is 0 Å². The molecule has 86 valence electrons. The van der Waals surface area contributed by atoms with Crippen molar-refractivity contribution < 1.29 is 0 Å². The summed E-state index contributed by atoms with van der Waals surface area (Å²) < 4.78 is 1.20. The maximum atomic E-state index is 3.46. The van der Waals surface area contributed by atoms with Crippen LogP contribution in [0.2, 0.25) is 0 Å². The predicted molar refractivity (Wildman–Crippen MR) is 71.5 cm³/mol. The van der Waals surface area contributed by atoms with Gasteiger partial charge >= 0.3 is 0 Å². The standard InChI is InChI=1S/C11H19BrN2S/c1-11(2,3)14-7-6-13-8-9-4-5-10(12)15-9/h4-5,13-14H,6-8H2,1-3H3. The van der Waals surface area contributed by atoms with Crippen LogP contribution in [0.1, 0.15) is 25.6 Å². The molecule has 0 aliphatic rings.